The Hall–Kier alpha value is -1.68. The van der Waals surface area contributed by atoms with Gasteiger partial charge in [-0.3, -0.25) is 0 Å². The van der Waals surface area contributed by atoms with E-state index in [1.165, 1.54) is 6.07 Å². The Morgan fingerprint density at radius 1 is 1.20 bits per heavy atom. The Balaban J connectivity index is 2.39. The van der Waals surface area contributed by atoms with Crippen molar-refractivity contribution in [3.05, 3.63) is 23.4 Å². The maximum absolute atomic E-state index is 9.81. The first kappa shape index (κ1) is 8.61. The van der Waals surface area contributed by atoms with Gasteiger partial charge in [-0.1, -0.05) is 0 Å². The Kier molecular flexibility index (Phi) is 1.67. The molecule has 0 fully saturated rings. The molecule has 1 aromatic carbocycles. The van der Waals surface area contributed by atoms with Crippen molar-refractivity contribution in [1.29, 1.82) is 0 Å². The highest BCUT2D eigenvalue weighted by molar-refractivity contribution is 5.92. The van der Waals surface area contributed by atoms with Gasteiger partial charge < -0.3 is 20.5 Å². The molecule has 0 saturated carbocycles. The minimum Gasteiger partial charge on any atom is -0.504 e. The van der Waals surface area contributed by atoms with Crippen molar-refractivity contribution in [3.63, 3.8) is 0 Å². The minimum absolute atomic E-state index is 0.00750. The molecule has 15 heavy (non-hydrogen) atoms. The number of benzene rings is 1. The van der Waals surface area contributed by atoms with Crippen LogP contribution in [0.1, 0.15) is 11.3 Å². The Morgan fingerprint density at radius 3 is 2.93 bits per heavy atom. The molecule has 4 N–H and O–H groups in total. The lowest BCUT2D eigenvalue weighted by atomic mass is 10.0. The van der Waals surface area contributed by atoms with Crippen molar-refractivity contribution in [2.45, 2.75) is 13.0 Å². The van der Waals surface area contributed by atoms with Crippen LogP contribution in [0, 0.1) is 0 Å². The number of aromatic amines is 1. The van der Waals surface area contributed by atoms with Gasteiger partial charge in [0.15, 0.2) is 11.5 Å². The van der Waals surface area contributed by atoms with Crippen molar-refractivity contribution >= 4 is 10.9 Å². The molecule has 3 rings (SSSR count). The second-order valence-corrected chi connectivity index (χ2v) is 3.86. The first-order valence-corrected chi connectivity index (χ1v) is 5.02. The normalized spacial score (nSPS) is 15.5. The summed E-state index contributed by atoms with van der Waals surface area (Å²) in [4.78, 5) is 3.25. The van der Waals surface area contributed by atoms with E-state index in [9.17, 15) is 10.2 Å². The molecule has 0 radical (unpaired) electrons. The Labute approximate surface area is 86.5 Å². The summed E-state index contributed by atoms with van der Waals surface area (Å²) in [6.07, 6.45) is 0.881. The number of aromatic hydroxyl groups is 2. The van der Waals surface area contributed by atoms with Crippen molar-refractivity contribution in [1.82, 2.24) is 10.3 Å². The average molecular weight is 204 g/mol. The molecule has 0 amide bonds. The maximum atomic E-state index is 9.81. The minimum atomic E-state index is -0.0529. The van der Waals surface area contributed by atoms with Crippen molar-refractivity contribution in [3.8, 4) is 11.5 Å². The summed E-state index contributed by atoms with van der Waals surface area (Å²) in [7, 11) is 0. The molecule has 2 aromatic rings. The van der Waals surface area contributed by atoms with Crippen LogP contribution in [0.2, 0.25) is 0 Å². The largest absolute Gasteiger partial charge is 0.504 e. The first-order chi connectivity index (χ1) is 7.27. The molecule has 78 valence electrons. The molecular weight excluding hydrogens is 192 g/mol. The van der Waals surface area contributed by atoms with E-state index in [1.807, 2.05) is 0 Å². The van der Waals surface area contributed by atoms with Crippen molar-refractivity contribution in [2.75, 3.05) is 6.54 Å². The zero-order chi connectivity index (χ0) is 10.4. The third kappa shape index (κ3) is 1.11. The van der Waals surface area contributed by atoms with Gasteiger partial charge >= 0.3 is 0 Å². The molecule has 0 spiro atoms. The van der Waals surface area contributed by atoms with Gasteiger partial charge in [-0.25, -0.2) is 0 Å². The second-order valence-electron chi connectivity index (χ2n) is 3.86. The maximum Gasteiger partial charge on any atom is 0.167 e. The predicted octanol–water partition coefficient (Wildman–Crippen LogP) is 1.22. The van der Waals surface area contributed by atoms with Gasteiger partial charge in [0, 0.05) is 23.1 Å². The molecular formula is C11H12N2O2. The number of phenolic OH excluding ortho intramolecular Hbond substituents is 2. The number of fused-ring (bicyclic) bond motifs is 3. The molecule has 0 atom stereocenters. The molecule has 0 saturated heterocycles. The van der Waals surface area contributed by atoms with E-state index in [-0.39, 0.29) is 11.5 Å². The summed E-state index contributed by atoms with van der Waals surface area (Å²) in [6.45, 7) is 1.71. The van der Waals surface area contributed by atoms with Crippen LogP contribution in [0.15, 0.2) is 12.1 Å². The molecule has 1 aliphatic heterocycles. The number of nitrogens with one attached hydrogen (secondary N) is 2. The van der Waals surface area contributed by atoms with E-state index in [0.29, 0.717) is 0 Å². The van der Waals surface area contributed by atoms with Gasteiger partial charge in [0.25, 0.3) is 0 Å². The molecule has 1 aliphatic rings. The van der Waals surface area contributed by atoms with Crippen LogP contribution in [0.3, 0.4) is 0 Å². The number of aromatic nitrogens is 1. The molecule has 1 aromatic heterocycles. The summed E-state index contributed by atoms with van der Waals surface area (Å²) in [5.74, 6) is -0.0604. The van der Waals surface area contributed by atoms with Crippen LogP contribution in [-0.2, 0) is 13.0 Å². The monoisotopic (exact) mass is 204 g/mol. The van der Waals surface area contributed by atoms with Gasteiger partial charge in [-0.05, 0) is 30.7 Å². The zero-order valence-corrected chi connectivity index (χ0v) is 8.17. The lowest BCUT2D eigenvalue weighted by Gasteiger charge is -2.12. The van der Waals surface area contributed by atoms with E-state index in [1.54, 1.807) is 6.07 Å². The molecule has 4 nitrogen and oxygen atoms in total. The highest BCUT2D eigenvalue weighted by Gasteiger charge is 2.18. The summed E-state index contributed by atoms with van der Waals surface area (Å²) in [5, 5.41) is 23.3. The predicted molar refractivity (Wildman–Crippen MR) is 57.0 cm³/mol. The van der Waals surface area contributed by atoms with Crippen LogP contribution in [-0.4, -0.2) is 21.7 Å². The van der Waals surface area contributed by atoms with Crippen LogP contribution in [0.25, 0.3) is 10.9 Å². The number of H-pyrrole nitrogens is 1. The third-order valence-corrected chi connectivity index (χ3v) is 2.96. The lowest BCUT2D eigenvalue weighted by molar-refractivity contribution is 0.408. The topological polar surface area (TPSA) is 68.3 Å². The summed E-state index contributed by atoms with van der Waals surface area (Å²) in [5.41, 5.74) is 3.12. The van der Waals surface area contributed by atoms with E-state index >= 15 is 0 Å². The van der Waals surface area contributed by atoms with Crippen LogP contribution >= 0.6 is 0 Å². The van der Waals surface area contributed by atoms with Gasteiger partial charge in [0.2, 0.25) is 0 Å². The fourth-order valence-electron chi connectivity index (χ4n) is 2.23. The first-order valence-electron chi connectivity index (χ1n) is 5.02. The molecule has 0 bridgehead atoms. The van der Waals surface area contributed by atoms with Crippen molar-refractivity contribution in [2.24, 2.45) is 0 Å². The highest BCUT2D eigenvalue weighted by atomic mass is 16.3. The zero-order valence-electron chi connectivity index (χ0n) is 8.17. The lowest BCUT2D eigenvalue weighted by Crippen LogP contribution is -2.22. The van der Waals surface area contributed by atoms with Crippen LogP contribution in [0.4, 0.5) is 0 Å². The second kappa shape index (κ2) is 2.90. The Bertz CT molecular complexity index is 531. The summed E-state index contributed by atoms with van der Waals surface area (Å²) >= 11 is 0. The average Bonchev–Trinajstić information content (AvgIpc) is 2.62. The van der Waals surface area contributed by atoms with E-state index in [2.05, 4.69) is 10.3 Å². The number of hydrogen-bond acceptors (Lipinski definition) is 3. The summed E-state index contributed by atoms with van der Waals surface area (Å²) in [6, 6.07) is 3.30. The SMILES string of the molecule is Oc1ccc2[nH]c3c(c2c1O)CCNC3. The van der Waals surface area contributed by atoms with Gasteiger partial charge in [-0.15, -0.1) is 0 Å². The molecule has 0 unspecified atom stereocenters. The number of rotatable bonds is 0. The molecule has 0 aliphatic carbocycles. The smallest absolute Gasteiger partial charge is 0.167 e. The summed E-state index contributed by atoms with van der Waals surface area (Å²) < 4.78 is 0. The fourth-order valence-corrected chi connectivity index (χ4v) is 2.23. The Morgan fingerprint density at radius 2 is 2.07 bits per heavy atom. The highest BCUT2D eigenvalue weighted by Crippen LogP contribution is 2.37. The van der Waals surface area contributed by atoms with Crippen LogP contribution < -0.4 is 5.32 Å². The van der Waals surface area contributed by atoms with E-state index in [0.717, 1.165) is 41.7 Å². The van der Waals surface area contributed by atoms with E-state index in [4.69, 9.17) is 0 Å². The molecule has 2 heterocycles. The van der Waals surface area contributed by atoms with Gasteiger partial charge in [0.1, 0.15) is 0 Å². The van der Waals surface area contributed by atoms with Crippen LogP contribution in [0.5, 0.6) is 11.5 Å². The van der Waals surface area contributed by atoms with Gasteiger partial charge in [0.05, 0.1) is 0 Å². The number of phenols is 2. The van der Waals surface area contributed by atoms with Crippen molar-refractivity contribution < 1.29 is 10.2 Å². The van der Waals surface area contributed by atoms with E-state index < -0.39 is 0 Å². The van der Waals surface area contributed by atoms with Gasteiger partial charge in [-0.2, -0.15) is 0 Å². The quantitative estimate of drug-likeness (QED) is 0.488. The molecule has 4 heteroatoms. The number of hydrogen-bond donors (Lipinski definition) is 4. The standard InChI is InChI=1S/C11H12N2O2/c14-9-2-1-7-10(11(9)15)6-3-4-12-5-8(6)13-7/h1-2,12-15H,3-5H2. The third-order valence-electron chi connectivity index (χ3n) is 2.96. The fraction of sp³-hybridized carbons (Fsp3) is 0.273.